The number of hydrogen-bond acceptors (Lipinski definition) is 4. The first-order chi connectivity index (χ1) is 6.72. The third kappa shape index (κ3) is 1.58. The van der Waals surface area contributed by atoms with Crippen LogP contribution < -0.4 is 0 Å². The van der Waals surface area contributed by atoms with E-state index < -0.39 is 17.4 Å². The van der Waals surface area contributed by atoms with Crippen molar-refractivity contribution in [2.24, 2.45) is 0 Å². The molecular weight excluding hydrogens is 236 g/mol. The highest BCUT2D eigenvalue weighted by Crippen LogP contribution is 2.59. The quantitative estimate of drug-likeness (QED) is 0.614. The van der Waals surface area contributed by atoms with Crippen LogP contribution in [0.5, 0.6) is 0 Å². The van der Waals surface area contributed by atoms with E-state index in [1.54, 1.807) is 0 Å². The van der Waals surface area contributed by atoms with Crippen molar-refractivity contribution >= 4 is 17.4 Å². The third-order valence-corrected chi connectivity index (χ3v) is 4.38. The first-order valence-corrected chi connectivity index (χ1v) is 6.45. The van der Waals surface area contributed by atoms with Crippen molar-refractivity contribution in [3.8, 4) is 0 Å². The Labute approximate surface area is 81.9 Å². The summed E-state index contributed by atoms with van der Waals surface area (Å²) in [5, 5.41) is 0. The Morgan fingerprint density at radius 2 is 1.00 bits per heavy atom. The number of rotatable bonds is 0. The van der Waals surface area contributed by atoms with Gasteiger partial charge in [-0.25, -0.2) is 0 Å². The Morgan fingerprint density at radius 1 is 0.714 bits per heavy atom. The van der Waals surface area contributed by atoms with Crippen LogP contribution in [0.1, 0.15) is 12.8 Å². The largest absolute Gasteiger partial charge is 0.375 e. The van der Waals surface area contributed by atoms with Gasteiger partial charge in [0, 0.05) is 12.8 Å². The summed E-state index contributed by atoms with van der Waals surface area (Å²) in [7, 11) is -4.49. The molecule has 4 atom stereocenters. The van der Waals surface area contributed by atoms with Gasteiger partial charge in [0.2, 0.25) is 0 Å². The van der Waals surface area contributed by atoms with Gasteiger partial charge in [0.25, 0.3) is 0 Å². The minimum Gasteiger partial charge on any atom is -0.303 e. The molecule has 0 radical (unpaired) electrons. The Balaban J connectivity index is 1.71. The summed E-state index contributed by atoms with van der Waals surface area (Å²) in [6.07, 6.45) is -0.258. The summed E-state index contributed by atoms with van der Waals surface area (Å²) < 4.78 is 45.2. The molecule has 0 N–H and O–H groups in total. The second-order valence-electron chi connectivity index (χ2n) is 3.47. The van der Waals surface area contributed by atoms with E-state index in [4.69, 9.17) is 18.1 Å². The molecule has 3 fully saturated rings. The highest BCUT2D eigenvalue weighted by molar-refractivity contribution is 7.41. The normalized spacial score (nSPS) is 57.0. The first-order valence-electron chi connectivity index (χ1n) is 4.31. The molecule has 14 heavy (non-hydrogen) atoms. The van der Waals surface area contributed by atoms with Gasteiger partial charge in [-0.2, -0.15) is 8.39 Å². The Hall–Kier alpha value is 0.560. The van der Waals surface area contributed by atoms with Gasteiger partial charge in [0.1, 0.15) is 0 Å². The fourth-order valence-electron chi connectivity index (χ4n) is 1.98. The van der Waals surface area contributed by atoms with Crippen molar-refractivity contribution in [1.29, 1.82) is 0 Å². The van der Waals surface area contributed by atoms with Crippen LogP contribution in [0.15, 0.2) is 0 Å². The van der Waals surface area contributed by atoms with Crippen LogP contribution in [0.25, 0.3) is 0 Å². The van der Waals surface area contributed by atoms with Crippen LogP contribution in [0.4, 0.5) is 8.39 Å². The number of fused-ring (bicyclic) bond motifs is 2. The molecule has 80 valence electrons. The molecule has 2 heterocycles. The van der Waals surface area contributed by atoms with Crippen molar-refractivity contribution < 1.29 is 26.5 Å². The van der Waals surface area contributed by atoms with Crippen LogP contribution in [0, 0.1) is 0 Å². The maximum Gasteiger partial charge on any atom is 0.375 e. The fourth-order valence-corrected chi connectivity index (χ4v) is 3.82. The van der Waals surface area contributed by atoms with Gasteiger partial charge in [-0.15, -0.1) is 0 Å². The van der Waals surface area contributed by atoms with Crippen molar-refractivity contribution in [3.05, 3.63) is 0 Å². The van der Waals surface area contributed by atoms with E-state index in [9.17, 15) is 8.39 Å². The minimum atomic E-state index is -2.24. The lowest BCUT2D eigenvalue weighted by Crippen LogP contribution is -2.41. The van der Waals surface area contributed by atoms with Crippen molar-refractivity contribution in [3.63, 3.8) is 0 Å². The summed E-state index contributed by atoms with van der Waals surface area (Å²) in [4.78, 5) is 0. The second kappa shape index (κ2) is 3.55. The van der Waals surface area contributed by atoms with E-state index in [1.165, 1.54) is 0 Å². The molecule has 2 aliphatic heterocycles. The van der Waals surface area contributed by atoms with Crippen LogP contribution >= 0.6 is 17.4 Å². The van der Waals surface area contributed by atoms with Crippen molar-refractivity contribution in [1.82, 2.24) is 0 Å². The summed E-state index contributed by atoms with van der Waals surface area (Å²) in [6.45, 7) is 0. The zero-order valence-electron chi connectivity index (χ0n) is 7.01. The first kappa shape index (κ1) is 9.76. The zero-order chi connectivity index (χ0) is 9.71. The SMILES string of the molecule is FP1OC2CC3OP(F)OC3CC2O1. The summed E-state index contributed by atoms with van der Waals surface area (Å²) in [5.41, 5.74) is 0. The molecule has 1 saturated carbocycles. The van der Waals surface area contributed by atoms with Crippen LogP contribution in [0.3, 0.4) is 0 Å². The summed E-state index contributed by atoms with van der Waals surface area (Å²) in [5.74, 6) is 0. The molecule has 0 amide bonds. The Bertz CT molecular complexity index is 202. The van der Waals surface area contributed by atoms with E-state index in [2.05, 4.69) is 0 Å². The average molecular weight is 244 g/mol. The topological polar surface area (TPSA) is 36.9 Å². The fraction of sp³-hybridized carbons (Fsp3) is 1.00. The lowest BCUT2D eigenvalue weighted by Gasteiger charge is -2.28. The molecule has 2 saturated heterocycles. The second-order valence-corrected chi connectivity index (χ2v) is 5.17. The number of halogens is 2. The molecule has 4 unspecified atom stereocenters. The molecule has 0 aromatic carbocycles. The lowest BCUT2D eigenvalue weighted by molar-refractivity contribution is 0.00578. The minimum absolute atomic E-state index is 0.294. The van der Waals surface area contributed by atoms with Crippen molar-refractivity contribution in [2.45, 2.75) is 37.3 Å². The molecule has 1 aliphatic carbocycles. The molecular formula is C6H8F2O4P2. The summed E-state index contributed by atoms with van der Waals surface area (Å²) in [6, 6.07) is 0. The lowest BCUT2D eigenvalue weighted by atomic mass is 9.90. The molecule has 0 aromatic heterocycles. The predicted molar refractivity (Wildman–Crippen MR) is 44.8 cm³/mol. The van der Waals surface area contributed by atoms with Crippen LogP contribution in [-0.4, -0.2) is 24.4 Å². The Morgan fingerprint density at radius 3 is 1.29 bits per heavy atom. The van der Waals surface area contributed by atoms with Gasteiger partial charge < -0.3 is 18.1 Å². The zero-order valence-corrected chi connectivity index (χ0v) is 8.80. The van der Waals surface area contributed by atoms with E-state index in [0.29, 0.717) is 12.8 Å². The van der Waals surface area contributed by atoms with Gasteiger partial charge in [-0.05, 0) is 0 Å². The maximum atomic E-state index is 12.7. The molecule has 0 spiro atoms. The van der Waals surface area contributed by atoms with Gasteiger partial charge in [-0.1, -0.05) is 0 Å². The summed E-state index contributed by atoms with van der Waals surface area (Å²) >= 11 is 0. The van der Waals surface area contributed by atoms with Gasteiger partial charge in [0.05, 0.1) is 24.4 Å². The molecule has 8 heteroatoms. The highest BCUT2D eigenvalue weighted by atomic mass is 31.2. The van der Waals surface area contributed by atoms with E-state index in [1.807, 2.05) is 0 Å². The van der Waals surface area contributed by atoms with Gasteiger partial charge >= 0.3 is 17.4 Å². The smallest absolute Gasteiger partial charge is 0.303 e. The van der Waals surface area contributed by atoms with E-state index in [0.717, 1.165) is 0 Å². The van der Waals surface area contributed by atoms with Crippen molar-refractivity contribution in [2.75, 3.05) is 0 Å². The van der Waals surface area contributed by atoms with Crippen LogP contribution in [-0.2, 0) is 18.1 Å². The predicted octanol–water partition coefficient (Wildman–Crippen LogP) is 2.74. The molecule has 0 aromatic rings. The molecule has 0 bridgehead atoms. The molecule has 4 nitrogen and oxygen atoms in total. The highest BCUT2D eigenvalue weighted by Gasteiger charge is 2.51. The standard InChI is InChI=1S/C6H8F2O4P2/c7-13-9-3-1-4-6(2-5(3)11-13)12-14(8)10-4/h3-6H,1-2H2. The monoisotopic (exact) mass is 244 g/mol. The van der Waals surface area contributed by atoms with Gasteiger partial charge in [-0.3, -0.25) is 0 Å². The van der Waals surface area contributed by atoms with E-state index in [-0.39, 0.29) is 24.4 Å². The number of hydrogen-bond donors (Lipinski definition) is 0. The third-order valence-electron chi connectivity index (χ3n) is 2.63. The van der Waals surface area contributed by atoms with Crippen LogP contribution in [0.2, 0.25) is 0 Å². The molecule has 3 rings (SSSR count). The maximum absolute atomic E-state index is 12.7. The van der Waals surface area contributed by atoms with Gasteiger partial charge in [0.15, 0.2) is 0 Å². The Kier molecular flexibility index (Phi) is 2.47. The molecule has 3 aliphatic rings. The van der Waals surface area contributed by atoms with E-state index >= 15 is 0 Å². The average Bonchev–Trinajstić information content (AvgIpc) is 2.59.